The maximum Gasteiger partial charge on any atom is 0.0692 e. The standard InChI is InChI=1S/C16H24ClNO/c1-3-16(4-2)11-15(8-9-19-16)18-12-13-6-5-7-14(17)10-13/h5-7,10,15,18H,3-4,8-9,11-12H2,1-2H3. The van der Waals surface area contributed by atoms with Crippen LogP contribution >= 0.6 is 11.6 Å². The Bertz CT molecular complexity index is 403. The van der Waals surface area contributed by atoms with Gasteiger partial charge in [-0.3, -0.25) is 0 Å². The SMILES string of the molecule is CCC1(CC)CC(NCc2cccc(Cl)c2)CCO1. The third-order valence-corrected chi connectivity index (χ3v) is 4.50. The Morgan fingerprint density at radius 1 is 1.37 bits per heavy atom. The zero-order chi connectivity index (χ0) is 13.7. The predicted molar refractivity (Wildman–Crippen MR) is 80.6 cm³/mol. The molecule has 1 saturated heterocycles. The van der Waals surface area contributed by atoms with Crippen molar-refractivity contribution in [2.75, 3.05) is 6.61 Å². The van der Waals surface area contributed by atoms with E-state index in [2.05, 4.69) is 25.2 Å². The second-order valence-electron chi connectivity index (χ2n) is 5.44. The van der Waals surface area contributed by atoms with Gasteiger partial charge in [0.05, 0.1) is 5.60 Å². The molecule has 1 heterocycles. The molecule has 106 valence electrons. The van der Waals surface area contributed by atoms with Gasteiger partial charge in [-0.15, -0.1) is 0 Å². The summed E-state index contributed by atoms with van der Waals surface area (Å²) in [6.45, 7) is 6.20. The van der Waals surface area contributed by atoms with Crippen LogP contribution in [0.2, 0.25) is 5.02 Å². The van der Waals surface area contributed by atoms with Crippen LogP contribution in [0.3, 0.4) is 0 Å². The molecule has 1 fully saturated rings. The van der Waals surface area contributed by atoms with Gasteiger partial charge in [0.25, 0.3) is 0 Å². The third kappa shape index (κ3) is 3.95. The predicted octanol–water partition coefficient (Wildman–Crippen LogP) is 4.17. The van der Waals surface area contributed by atoms with Crippen molar-refractivity contribution in [2.24, 2.45) is 0 Å². The van der Waals surface area contributed by atoms with Crippen LogP contribution in [0.1, 0.15) is 45.1 Å². The molecule has 2 nitrogen and oxygen atoms in total. The molecule has 1 unspecified atom stereocenters. The quantitative estimate of drug-likeness (QED) is 0.875. The fourth-order valence-electron chi connectivity index (χ4n) is 2.85. The van der Waals surface area contributed by atoms with E-state index < -0.39 is 0 Å². The highest BCUT2D eigenvalue weighted by molar-refractivity contribution is 6.30. The average molecular weight is 282 g/mol. The van der Waals surface area contributed by atoms with Gasteiger partial charge in [0.15, 0.2) is 0 Å². The molecule has 0 radical (unpaired) electrons. The van der Waals surface area contributed by atoms with E-state index in [9.17, 15) is 0 Å². The Hall–Kier alpha value is -0.570. The molecule has 3 heteroatoms. The second kappa shape index (κ2) is 6.74. The van der Waals surface area contributed by atoms with Crippen LogP contribution in [0.25, 0.3) is 0 Å². The second-order valence-corrected chi connectivity index (χ2v) is 5.88. The summed E-state index contributed by atoms with van der Waals surface area (Å²) >= 11 is 6.01. The topological polar surface area (TPSA) is 21.3 Å². The minimum Gasteiger partial charge on any atom is -0.375 e. The summed E-state index contributed by atoms with van der Waals surface area (Å²) in [7, 11) is 0. The maximum atomic E-state index is 6.01. The summed E-state index contributed by atoms with van der Waals surface area (Å²) in [5.74, 6) is 0. The molecule has 1 aliphatic rings. The first-order valence-corrected chi connectivity index (χ1v) is 7.67. The highest BCUT2D eigenvalue weighted by Gasteiger charge is 2.34. The Morgan fingerprint density at radius 2 is 2.16 bits per heavy atom. The molecule has 1 atom stereocenters. The lowest BCUT2D eigenvalue weighted by molar-refractivity contribution is -0.0932. The number of benzene rings is 1. The number of rotatable bonds is 5. The fraction of sp³-hybridized carbons (Fsp3) is 0.625. The van der Waals surface area contributed by atoms with Crippen molar-refractivity contribution in [3.05, 3.63) is 34.9 Å². The molecular formula is C16H24ClNO. The van der Waals surface area contributed by atoms with Crippen molar-refractivity contribution in [2.45, 2.75) is 57.7 Å². The lowest BCUT2D eigenvalue weighted by atomic mass is 9.86. The maximum absolute atomic E-state index is 6.01. The highest BCUT2D eigenvalue weighted by atomic mass is 35.5. The van der Waals surface area contributed by atoms with E-state index in [1.54, 1.807) is 0 Å². The van der Waals surface area contributed by atoms with E-state index in [4.69, 9.17) is 16.3 Å². The summed E-state index contributed by atoms with van der Waals surface area (Å²) in [6, 6.07) is 8.61. The first kappa shape index (κ1) is 14.8. The number of nitrogens with one attached hydrogen (secondary N) is 1. The Labute approximate surface area is 121 Å². The van der Waals surface area contributed by atoms with Crippen LogP contribution in [0.4, 0.5) is 0 Å². The van der Waals surface area contributed by atoms with E-state index in [1.807, 2.05) is 18.2 Å². The van der Waals surface area contributed by atoms with E-state index in [0.29, 0.717) is 6.04 Å². The third-order valence-electron chi connectivity index (χ3n) is 4.27. The van der Waals surface area contributed by atoms with E-state index in [-0.39, 0.29) is 5.60 Å². The molecule has 0 aliphatic carbocycles. The fourth-order valence-corrected chi connectivity index (χ4v) is 3.07. The van der Waals surface area contributed by atoms with Gasteiger partial charge in [-0.05, 0) is 43.4 Å². The largest absolute Gasteiger partial charge is 0.375 e. The van der Waals surface area contributed by atoms with Crippen LogP contribution in [0.15, 0.2) is 24.3 Å². The minimum atomic E-state index is 0.0875. The smallest absolute Gasteiger partial charge is 0.0692 e. The highest BCUT2D eigenvalue weighted by Crippen LogP contribution is 2.31. The van der Waals surface area contributed by atoms with Crippen molar-refractivity contribution in [1.29, 1.82) is 0 Å². The van der Waals surface area contributed by atoms with Crippen LogP contribution in [-0.2, 0) is 11.3 Å². The minimum absolute atomic E-state index is 0.0875. The zero-order valence-electron chi connectivity index (χ0n) is 11.9. The van der Waals surface area contributed by atoms with Crippen LogP contribution < -0.4 is 5.32 Å². The average Bonchev–Trinajstić information content (AvgIpc) is 2.45. The molecule has 2 rings (SSSR count). The van der Waals surface area contributed by atoms with Crippen molar-refractivity contribution in [1.82, 2.24) is 5.32 Å². The number of halogens is 1. The first-order chi connectivity index (χ1) is 9.17. The lowest BCUT2D eigenvalue weighted by Gasteiger charge is -2.40. The molecule has 0 aromatic heterocycles. The van der Waals surface area contributed by atoms with Gasteiger partial charge in [-0.25, -0.2) is 0 Å². The van der Waals surface area contributed by atoms with E-state index in [1.165, 1.54) is 5.56 Å². The van der Waals surface area contributed by atoms with Crippen LogP contribution in [0, 0.1) is 0 Å². The Balaban J connectivity index is 1.89. The summed E-state index contributed by atoms with van der Waals surface area (Å²) in [6.07, 6.45) is 4.40. The lowest BCUT2D eigenvalue weighted by Crippen LogP contribution is -2.46. The van der Waals surface area contributed by atoms with Gasteiger partial charge in [-0.2, -0.15) is 0 Å². The summed E-state index contributed by atoms with van der Waals surface area (Å²) in [5, 5.41) is 4.46. The molecular weight excluding hydrogens is 258 g/mol. The summed E-state index contributed by atoms with van der Waals surface area (Å²) in [4.78, 5) is 0. The monoisotopic (exact) mass is 281 g/mol. The molecule has 1 aliphatic heterocycles. The number of hydrogen-bond donors (Lipinski definition) is 1. The Kier molecular flexibility index (Phi) is 5.26. The first-order valence-electron chi connectivity index (χ1n) is 7.29. The molecule has 0 amide bonds. The van der Waals surface area contributed by atoms with Crippen molar-refractivity contribution in [3.8, 4) is 0 Å². The number of hydrogen-bond acceptors (Lipinski definition) is 2. The van der Waals surface area contributed by atoms with Crippen molar-refractivity contribution >= 4 is 11.6 Å². The normalized spacial score (nSPS) is 22.4. The van der Waals surface area contributed by atoms with Gasteiger partial charge in [0.1, 0.15) is 0 Å². The summed E-state index contributed by atoms with van der Waals surface area (Å²) in [5.41, 5.74) is 1.34. The molecule has 0 spiro atoms. The zero-order valence-corrected chi connectivity index (χ0v) is 12.7. The molecule has 1 aromatic carbocycles. The summed E-state index contributed by atoms with van der Waals surface area (Å²) < 4.78 is 6.00. The number of ether oxygens (including phenoxy) is 1. The van der Waals surface area contributed by atoms with Gasteiger partial charge < -0.3 is 10.1 Å². The Morgan fingerprint density at radius 3 is 2.84 bits per heavy atom. The van der Waals surface area contributed by atoms with Crippen molar-refractivity contribution < 1.29 is 4.74 Å². The molecule has 0 bridgehead atoms. The van der Waals surface area contributed by atoms with Crippen LogP contribution in [0.5, 0.6) is 0 Å². The molecule has 1 N–H and O–H groups in total. The van der Waals surface area contributed by atoms with Gasteiger partial charge in [0.2, 0.25) is 0 Å². The van der Waals surface area contributed by atoms with Crippen molar-refractivity contribution in [3.63, 3.8) is 0 Å². The molecule has 1 aromatic rings. The molecule has 19 heavy (non-hydrogen) atoms. The van der Waals surface area contributed by atoms with Gasteiger partial charge in [0, 0.05) is 24.2 Å². The van der Waals surface area contributed by atoms with Gasteiger partial charge in [-0.1, -0.05) is 37.6 Å². The van der Waals surface area contributed by atoms with E-state index in [0.717, 1.165) is 43.9 Å². The molecule has 0 saturated carbocycles. The van der Waals surface area contributed by atoms with E-state index >= 15 is 0 Å². The van der Waals surface area contributed by atoms with Crippen LogP contribution in [-0.4, -0.2) is 18.2 Å². The van der Waals surface area contributed by atoms with Gasteiger partial charge >= 0.3 is 0 Å².